The maximum Gasteiger partial charge on any atom is 0.469 e. The summed E-state index contributed by atoms with van der Waals surface area (Å²) in [5, 5.41) is 13.5. The summed E-state index contributed by atoms with van der Waals surface area (Å²) in [6.45, 7) is 4.12. The van der Waals surface area contributed by atoms with Crippen molar-refractivity contribution in [3.05, 3.63) is 0 Å². The van der Waals surface area contributed by atoms with Crippen LogP contribution in [0.2, 0.25) is 0 Å². The van der Waals surface area contributed by atoms with Gasteiger partial charge in [-0.2, -0.15) is 0 Å². The third-order valence-corrected chi connectivity index (χ3v) is 9.33. The minimum Gasteiger partial charge on any atom is -0.391 e. The Kier molecular flexibility index (Phi) is 32.1. The molecule has 0 bridgehead atoms. The van der Waals surface area contributed by atoms with Crippen LogP contribution in [0, 0.1) is 0 Å². The highest BCUT2D eigenvalue weighted by molar-refractivity contribution is 7.46. The minimum absolute atomic E-state index is 0.192. The van der Waals surface area contributed by atoms with Crippen LogP contribution in [0.1, 0.15) is 206 Å². The fourth-order valence-electron chi connectivity index (χ4n) is 5.93. The SMILES string of the molecule is CCCCCCCCCCCCCCCCC[C@@H](O)[C@H](COP(=O)(O)O)NC(=O)CCCCCCCCCCCCCCC. The molecule has 4 N–H and O–H groups in total. The first-order valence-electron chi connectivity index (χ1n) is 19.0. The van der Waals surface area contributed by atoms with E-state index in [0.717, 1.165) is 38.5 Å². The van der Waals surface area contributed by atoms with Crippen molar-refractivity contribution in [2.75, 3.05) is 6.61 Å². The van der Waals surface area contributed by atoms with Crippen molar-refractivity contribution in [3.63, 3.8) is 0 Å². The summed E-state index contributed by atoms with van der Waals surface area (Å²) in [5.41, 5.74) is 0. The van der Waals surface area contributed by atoms with Crippen LogP contribution in [0.4, 0.5) is 0 Å². The van der Waals surface area contributed by atoms with Crippen LogP contribution in [0.15, 0.2) is 0 Å². The van der Waals surface area contributed by atoms with Crippen molar-refractivity contribution in [3.8, 4) is 0 Å². The average Bonchev–Trinajstić information content (AvgIpc) is 2.99. The first-order valence-corrected chi connectivity index (χ1v) is 20.5. The number of hydrogen-bond acceptors (Lipinski definition) is 4. The molecule has 0 aliphatic heterocycles. The van der Waals surface area contributed by atoms with Gasteiger partial charge in [-0.3, -0.25) is 9.32 Å². The van der Waals surface area contributed by atoms with Crippen molar-refractivity contribution in [2.24, 2.45) is 0 Å². The Balaban J connectivity index is 3.94. The number of aliphatic hydroxyl groups is 1. The number of amides is 1. The molecule has 0 spiro atoms. The largest absolute Gasteiger partial charge is 0.469 e. The molecule has 264 valence electrons. The van der Waals surface area contributed by atoms with Crippen molar-refractivity contribution in [2.45, 2.75) is 219 Å². The fourth-order valence-corrected chi connectivity index (χ4v) is 6.29. The van der Waals surface area contributed by atoms with Crippen LogP contribution in [0.3, 0.4) is 0 Å². The minimum atomic E-state index is -4.68. The van der Waals surface area contributed by atoms with Gasteiger partial charge in [0, 0.05) is 6.42 Å². The molecular weight excluding hydrogens is 573 g/mol. The molecule has 7 nitrogen and oxygen atoms in total. The number of hydrogen-bond donors (Lipinski definition) is 4. The first kappa shape index (κ1) is 43.5. The molecule has 0 unspecified atom stereocenters. The van der Waals surface area contributed by atoms with Gasteiger partial charge in [0.2, 0.25) is 5.91 Å². The summed E-state index contributed by atoms with van der Waals surface area (Å²) in [4.78, 5) is 30.8. The van der Waals surface area contributed by atoms with E-state index in [0.29, 0.717) is 12.8 Å². The van der Waals surface area contributed by atoms with Gasteiger partial charge in [0.1, 0.15) is 0 Å². The molecule has 44 heavy (non-hydrogen) atoms. The molecule has 0 aromatic heterocycles. The van der Waals surface area contributed by atoms with E-state index in [4.69, 9.17) is 9.79 Å². The third-order valence-electron chi connectivity index (χ3n) is 8.84. The maximum atomic E-state index is 12.5. The number of unbranched alkanes of at least 4 members (excludes halogenated alkanes) is 26. The average molecular weight is 648 g/mol. The van der Waals surface area contributed by atoms with E-state index >= 15 is 0 Å². The Morgan fingerprint density at radius 3 is 1.23 bits per heavy atom. The van der Waals surface area contributed by atoms with Crippen molar-refractivity contribution < 1.29 is 28.8 Å². The van der Waals surface area contributed by atoms with Gasteiger partial charge >= 0.3 is 7.82 Å². The monoisotopic (exact) mass is 648 g/mol. The van der Waals surface area contributed by atoms with Crippen LogP contribution in [0.25, 0.3) is 0 Å². The maximum absolute atomic E-state index is 12.5. The van der Waals surface area contributed by atoms with E-state index in [-0.39, 0.29) is 5.91 Å². The van der Waals surface area contributed by atoms with Crippen molar-refractivity contribution in [1.82, 2.24) is 5.32 Å². The van der Waals surface area contributed by atoms with Gasteiger partial charge in [0.05, 0.1) is 18.8 Å². The smallest absolute Gasteiger partial charge is 0.391 e. The van der Waals surface area contributed by atoms with Crippen LogP contribution in [0.5, 0.6) is 0 Å². The molecule has 0 aliphatic rings. The Bertz CT molecular complexity index is 659. The Morgan fingerprint density at radius 1 is 0.568 bits per heavy atom. The molecule has 0 saturated carbocycles. The summed E-state index contributed by atoms with van der Waals surface area (Å²) in [5.74, 6) is -0.192. The standard InChI is InChI=1S/C36H74NO6P/c1-3-5-7-9-11-13-15-17-18-20-21-23-25-27-29-31-35(38)34(33-43-44(40,41)42)37-36(39)32-30-28-26-24-22-19-16-14-12-10-8-6-4-2/h34-35,38H,3-33H2,1-2H3,(H,37,39)(H2,40,41,42)/t34-,35+/m0/s1. The third kappa shape index (κ3) is 32.9. The van der Waals surface area contributed by atoms with Crippen molar-refractivity contribution in [1.29, 1.82) is 0 Å². The van der Waals surface area contributed by atoms with Crippen LogP contribution < -0.4 is 5.32 Å². The number of phosphoric acid groups is 1. The molecule has 0 aromatic carbocycles. The highest BCUT2D eigenvalue weighted by Crippen LogP contribution is 2.36. The lowest BCUT2D eigenvalue weighted by Crippen LogP contribution is -2.46. The molecule has 0 aromatic rings. The predicted molar refractivity (Wildman–Crippen MR) is 186 cm³/mol. The summed E-state index contributed by atoms with van der Waals surface area (Å²) >= 11 is 0. The van der Waals surface area contributed by atoms with Crippen LogP contribution in [-0.2, 0) is 13.9 Å². The van der Waals surface area contributed by atoms with Gasteiger partial charge in [0.25, 0.3) is 0 Å². The zero-order chi connectivity index (χ0) is 32.6. The topological polar surface area (TPSA) is 116 Å². The molecule has 8 heteroatoms. The highest BCUT2D eigenvalue weighted by Gasteiger charge is 2.25. The number of carbonyl (C=O) groups excluding carboxylic acids is 1. The lowest BCUT2D eigenvalue weighted by atomic mass is 10.0. The first-order chi connectivity index (χ1) is 21.3. The number of rotatable bonds is 35. The number of aliphatic hydroxyl groups excluding tert-OH is 1. The summed E-state index contributed by atoms with van der Waals surface area (Å²) in [6, 6.07) is -0.816. The molecule has 1 amide bonds. The van der Waals surface area contributed by atoms with Gasteiger partial charge in [-0.1, -0.05) is 187 Å². The summed E-state index contributed by atoms with van der Waals surface area (Å²) < 4.78 is 15.9. The normalized spacial score (nSPS) is 13.3. The summed E-state index contributed by atoms with van der Waals surface area (Å²) in [7, 11) is -4.68. The fraction of sp³-hybridized carbons (Fsp3) is 0.972. The highest BCUT2D eigenvalue weighted by atomic mass is 31.2. The molecule has 2 atom stereocenters. The van der Waals surface area contributed by atoms with Crippen molar-refractivity contribution >= 4 is 13.7 Å². The van der Waals surface area contributed by atoms with E-state index in [1.165, 1.54) is 141 Å². The van der Waals surface area contributed by atoms with Gasteiger partial charge in [-0.15, -0.1) is 0 Å². The zero-order valence-electron chi connectivity index (χ0n) is 29.1. The van der Waals surface area contributed by atoms with Crippen LogP contribution in [-0.4, -0.2) is 39.6 Å². The second kappa shape index (κ2) is 32.5. The second-order valence-corrected chi connectivity index (χ2v) is 14.5. The Labute approximate surface area is 272 Å². The second-order valence-electron chi connectivity index (χ2n) is 13.3. The van der Waals surface area contributed by atoms with E-state index in [9.17, 15) is 14.5 Å². The van der Waals surface area contributed by atoms with E-state index < -0.39 is 26.6 Å². The van der Waals surface area contributed by atoms with Gasteiger partial charge in [0.15, 0.2) is 0 Å². The van der Waals surface area contributed by atoms with Gasteiger partial charge in [-0.25, -0.2) is 4.57 Å². The van der Waals surface area contributed by atoms with E-state index in [1.54, 1.807) is 0 Å². The number of nitrogens with one attached hydrogen (secondary N) is 1. The Hall–Kier alpha value is -0.460. The molecule has 0 fully saturated rings. The van der Waals surface area contributed by atoms with Gasteiger partial charge < -0.3 is 20.2 Å². The predicted octanol–water partition coefficient (Wildman–Crippen LogP) is 10.7. The molecule has 0 saturated heterocycles. The molecule has 0 aliphatic carbocycles. The summed E-state index contributed by atoms with van der Waals surface area (Å²) in [6.07, 6.45) is 35.1. The Morgan fingerprint density at radius 2 is 0.886 bits per heavy atom. The lowest BCUT2D eigenvalue weighted by Gasteiger charge is -2.24. The molecule has 0 rings (SSSR count). The zero-order valence-corrected chi connectivity index (χ0v) is 30.0. The number of carbonyl (C=O) groups is 1. The molecule has 0 heterocycles. The number of phosphoric ester groups is 1. The molecular formula is C36H74NO6P. The van der Waals surface area contributed by atoms with E-state index in [1.807, 2.05) is 0 Å². The van der Waals surface area contributed by atoms with Gasteiger partial charge in [-0.05, 0) is 12.8 Å². The molecule has 0 radical (unpaired) electrons. The van der Waals surface area contributed by atoms with Crippen LogP contribution >= 0.6 is 7.82 Å². The quantitative estimate of drug-likeness (QED) is 0.0402. The lowest BCUT2D eigenvalue weighted by molar-refractivity contribution is -0.123. The van der Waals surface area contributed by atoms with E-state index in [2.05, 4.69) is 23.7 Å².